The molecule has 0 unspecified atom stereocenters. The van der Waals surface area contributed by atoms with Crippen LogP contribution in [-0.2, 0) is 6.42 Å². The zero-order chi connectivity index (χ0) is 8.93. The van der Waals surface area contributed by atoms with Crippen LogP contribution in [0, 0.1) is 0 Å². The van der Waals surface area contributed by atoms with E-state index in [2.05, 4.69) is 42.5 Å². The average Bonchev–Trinajstić information content (AvgIpc) is 2.59. The lowest BCUT2D eigenvalue weighted by atomic mass is 10.2. The molecular formula is C13H12. The molecule has 1 aromatic carbocycles. The number of allylic oxidation sites excluding steroid dienone is 1. The maximum Gasteiger partial charge on any atom is -0.00882 e. The Labute approximate surface area is 78.9 Å². The fourth-order valence-electron chi connectivity index (χ4n) is 1.45. The summed E-state index contributed by atoms with van der Waals surface area (Å²) in [6, 6.07) is 16.7. The lowest BCUT2D eigenvalue weighted by Gasteiger charge is -1.90. The monoisotopic (exact) mass is 168 g/mol. The summed E-state index contributed by atoms with van der Waals surface area (Å²) < 4.78 is 0. The predicted octanol–water partition coefficient (Wildman–Crippen LogP) is 3.38. The van der Waals surface area contributed by atoms with E-state index < -0.39 is 0 Å². The Morgan fingerprint density at radius 3 is 2.31 bits per heavy atom. The Bertz CT molecular complexity index is 374. The van der Waals surface area contributed by atoms with Gasteiger partial charge in [0.25, 0.3) is 0 Å². The predicted molar refractivity (Wildman–Crippen MR) is 56.8 cm³/mol. The first-order chi connectivity index (χ1) is 6.47. The molecule has 0 heterocycles. The molecule has 0 atom stereocenters. The fourth-order valence-corrected chi connectivity index (χ4v) is 1.45. The molecule has 1 aromatic rings. The van der Waals surface area contributed by atoms with Crippen molar-refractivity contribution in [2.24, 2.45) is 0 Å². The number of hydrogen-bond acceptors (Lipinski definition) is 0. The Morgan fingerprint density at radius 2 is 1.46 bits per heavy atom. The topological polar surface area (TPSA) is 0 Å². The van der Waals surface area contributed by atoms with Gasteiger partial charge in [0.1, 0.15) is 0 Å². The van der Waals surface area contributed by atoms with Crippen molar-refractivity contribution in [3.63, 3.8) is 0 Å². The van der Waals surface area contributed by atoms with Gasteiger partial charge in [-0.2, -0.15) is 0 Å². The molecule has 64 valence electrons. The van der Waals surface area contributed by atoms with E-state index in [-0.39, 0.29) is 0 Å². The second-order valence-corrected chi connectivity index (χ2v) is 3.08. The molecular weight excluding hydrogens is 156 g/mol. The maximum absolute atomic E-state index is 2.20. The molecule has 0 aliphatic heterocycles. The van der Waals surface area contributed by atoms with Crippen molar-refractivity contribution < 1.29 is 0 Å². The standard InChI is InChI=1S/C13H12/c1-2-4-6-9-13-11-7-10-12(13)8-5-3-1/h1-10H,11H2. The van der Waals surface area contributed by atoms with Crippen LogP contribution in [0.3, 0.4) is 0 Å². The minimum Gasteiger partial charge on any atom is -0.0795 e. The van der Waals surface area contributed by atoms with Gasteiger partial charge in [0.05, 0.1) is 0 Å². The van der Waals surface area contributed by atoms with Crippen LogP contribution in [0.2, 0.25) is 0 Å². The molecule has 0 amide bonds. The Balaban J connectivity index is 2.57. The number of fused-ring (bicyclic) bond motifs is 1. The molecule has 0 radical (unpaired) electrons. The zero-order valence-corrected chi connectivity index (χ0v) is 7.48. The molecule has 0 bridgehead atoms. The second-order valence-electron chi connectivity index (χ2n) is 3.08. The fraction of sp³-hybridized carbons (Fsp3) is 0.0769. The van der Waals surface area contributed by atoms with Gasteiger partial charge in [-0.05, 0) is 17.5 Å². The van der Waals surface area contributed by atoms with Crippen LogP contribution in [0.1, 0.15) is 11.1 Å². The van der Waals surface area contributed by atoms with Gasteiger partial charge in [-0.25, -0.2) is 0 Å². The quantitative estimate of drug-likeness (QED) is 0.557. The first kappa shape index (κ1) is 8.06. The highest BCUT2D eigenvalue weighted by atomic mass is 14.0. The Hall–Kier alpha value is -1.56. The molecule has 0 N–H and O–H groups in total. The highest BCUT2D eigenvalue weighted by Crippen LogP contribution is 2.15. The molecule has 0 spiro atoms. The molecule has 0 heteroatoms. The summed E-state index contributed by atoms with van der Waals surface area (Å²) >= 11 is 0. The largest absolute Gasteiger partial charge is 0.0795 e. The Morgan fingerprint density at radius 1 is 0.769 bits per heavy atom. The van der Waals surface area contributed by atoms with Crippen molar-refractivity contribution in [2.45, 2.75) is 6.42 Å². The van der Waals surface area contributed by atoms with Gasteiger partial charge in [0.15, 0.2) is 0 Å². The maximum atomic E-state index is 2.20. The van der Waals surface area contributed by atoms with Crippen LogP contribution in [0.4, 0.5) is 0 Å². The highest BCUT2D eigenvalue weighted by molar-refractivity contribution is 5.58. The molecule has 1 aliphatic rings. The normalized spacial score (nSPS) is 12.0. The molecule has 2 rings (SSSR count). The number of hydrogen-bond donors (Lipinski definition) is 0. The molecule has 0 fully saturated rings. The first-order valence-corrected chi connectivity index (χ1v) is 4.54. The molecule has 0 aromatic heterocycles. The van der Waals surface area contributed by atoms with Gasteiger partial charge in [0, 0.05) is 0 Å². The van der Waals surface area contributed by atoms with Crippen LogP contribution >= 0.6 is 0 Å². The molecule has 0 saturated carbocycles. The van der Waals surface area contributed by atoms with Gasteiger partial charge < -0.3 is 0 Å². The lowest BCUT2D eigenvalue weighted by molar-refractivity contribution is 1.32. The summed E-state index contributed by atoms with van der Waals surface area (Å²) in [5.41, 5.74) is 2.73. The summed E-state index contributed by atoms with van der Waals surface area (Å²) in [6.45, 7) is 0. The SMILES string of the molecule is C1=Cc2ccccccccc2C1. The van der Waals surface area contributed by atoms with Crippen molar-refractivity contribution in [3.8, 4) is 0 Å². The van der Waals surface area contributed by atoms with Crippen LogP contribution in [0.25, 0.3) is 6.08 Å². The summed E-state index contributed by atoms with van der Waals surface area (Å²) in [5, 5.41) is 0. The average molecular weight is 168 g/mol. The van der Waals surface area contributed by atoms with Crippen molar-refractivity contribution in [3.05, 3.63) is 65.7 Å². The van der Waals surface area contributed by atoms with E-state index in [4.69, 9.17) is 0 Å². The molecule has 0 saturated heterocycles. The molecule has 0 nitrogen and oxygen atoms in total. The van der Waals surface area contributed by atoms with E-state index >= 15 is 0 Å². The minimum absolute atomic E-state index is 1.06. The number of rotatable bonds is 0. The van der Waals surface area contributed by atoms with Crippen LogP contribution in [0.15, 0.2) is 54.6 Å². The lowest BCUT2D eigenvalue weighted by Crippen LogP contribution is -1.74. The van der Waals surface area contributed by atoms with Gasteiger partial charge >= 0.3 is 0 Å². The van der Waals surface area contributed by atoms with Crippen molar-refractivity contribution in [1.82, 2.24) is 0 Å². The van der Waals surface area contributed by atoms with E-state index in [0.29, 0.717) is 0 Å². The van der Waals surface area contributed by atoms with E-state index in [1.54, 1.807) is 0 Å². The van der Waals surface area contributed by atoms with Crippen molar-refractivity contribution in [2.75, 3.05) is 0 Å². The molecule has 1 aliphatic carbocycles. The van der Waals surface area contributed by atoms with E-state index in [1.807, 2.05) is 18.2 Å². The zero-order valence-electron chi connectivity index (χ0n) is 7.48. The second kappa shape index (κ2) is 3.90. The summed E-state index contributed by atoms with van der Waals surface area (Å²) in [4.78, 5) is 0. The van der Waals surface area contributed by atoms with E-state index in [0.717, 1.165) is 6.42 Å². The summed E-state index contributed by atoms with van der Waals surface area (Å²) in [6.07, 6.45) is 5.44. The first-order valence-electron chi connectivity index (χ1n) is 4.54. The minimum atomic E-state index is 1.06. The highest BCUT2D eigenvalue weighted by Gasteiger charge is 1.98. The molecule has 13 heavy (non-hydrogen) atoms. The van der Waals surface area contributed by atoms with Gasteiger partial charge in [0.2, 0.25) is 0 Å². The third kappa shape index (κ3) is 1.97. The van der Waals surface area contributed by atoms with Crippen LogP contribution in [0.5, 0.6) is 0 Å². The Kier molecular flexibility index (Phi) is 2.42. The summed E-state index contributed by atoms with van der Waals surface area (Å²) in [5.74, 6) is 0. The summed E-state index contributed by atoms with van der Waals surface area (Å²) in [7, 11) is 0. The smallest absolute Gasteiger partial charge is 0.00882 e. The van der Waals surface area contributed by atoms with E-state index in [9.17, 15) is 0 Å². The van der Waals surface area contributed by atoms with Crippen LogP contribution in [-0.4, -0.2) is 0 Å². The van der Waals surface area contributed by atoms with Crippen LogP contribution < -0.4 is 0 Å². The van der Waals surface area contributed by atoms with Gasteiger partial charge in [-0.3, -0.25) is 0 Å². The van der Waals surface area contributed by atoms with Crippen molar-refractivity contribution >= 4 is 6.08 Å². The van der Waals surface area contributed by atoms with Crippen molar-refractivity contribution in [1.29, 1.82) is 0 Å². The van der Waals surface area contributed by atoms with E-state index in [1.165, 1.54) is 11.1 Å². The van der Waals surface area contributed by atoms with Gasteiger partial charge in [-0.1, -0.05) is 60.7 Å². The van der Waals surface area contributed by atoms with Gasteiger partial charge in [-0.15, -0.1) is 0 Å². The third-order valence-electron chi connectivity index (χ3n) is 2.13. The third-order valence-corrected chi connectivity index (χ3v) is 2.13.